The second kappa shape index (κ2) is 16.1. The number of hydrogen-bond acceptors (Lipinski definition) is 2. The van der Waals surface area contributed by atoms with Gasteiger partial charge in [0.05, 0.1) is 14.2 Å². The molecule has 0 spiro atoms. The largest absolute Gasteiger partial charge is 0.497 e. The van der Waals surface area contributed by atoms with Crippen LogP contribution in [0.15, 0.2) is 72.8 Å². The average molecular weight is 677 g/mol. The highest BCUT2D eigenvalue weighted by Gasteiger charge is 2.39. The Kier molecular flexibility index (Phi) is 12.6. The first kappa shape index (κ1) is 37.7. The molecule has 48 heavy (non-hydrogen) atoms. The molecule has 0 heterocycles. The van der Waals surface area contributed by atoms with Crippen LogP contribution in [0.25, 0.3) is 0 Å². The summed E-state index contributed by atoms with van der Waals surface area (Å²) in [5.41, 5.74) is 9.02. The fourth-order valence-corrected chi connectivity index (χ4v) is 18.0. The molecule has 0 bridgehead atoms. The summed E-state index contributed by atoms with van der Waals surface area (Å²) in [6, 6.07) is 28.6. The molecule has 256 valence electrons. The molecule has 0 saturated carbocycles. The summed E-state index contributed by atoms with van der Waals surface area (Å²) >= 11 is 0. The monoisotopic (exact) mass is 676 g/mol. The van der Waals surface area contributed by atoms with Gasteiger partial charge in [0.1, 0.15) is 28.1 Å². The Morgan fingerprint density at radius 2 is 0.625 bits per heavy atom. The minimum Gasteiger partial charge on any atom is -0.497 e. The van der Waals surface area contributed by atoms with E-state index in [4.69, 9.17) is 9.47 Å². The molecule has 0 atom stereocenters. The molecule has 4 heteroatoms. The van der Waals surface area contributed by atoms with Crippen molar-refractivity contribution in [1.82, 2.24) is 0 Å². The first-order valence-corrected chi connectivity index (χ1v) is 22.1. The van der Waals surface area contributed by atoms with Crippen LogP contribution in [0.2, 0.25) is 0 Å². The number of rotatable bonds is 13. The van der Waals surface area contributed by atoms with Crippen molar-refractivity contribution in [3.63, 3.8) is 0 Å². The number of ether oxygens (including phenoxy) is 2. The van der Waals surface area contributed by atoms with Gasteiger partial charge in [-0.15, -0.1) is 0 Å². The summed E-state index contributed by atoms with van der Waals surface area (Å²) in [5, 5.41) is 6.18. The van der Waals surface area contributed by atoms with Gasteiger partial charge in [-0.05, 0) is 93.2 Å². The third-order valence-electron chi connectivity index (χ3n) is 9.77. The lowest BCUT2D eigenvalue weighted by Crippen LogP contribution is -2.68. The minimum absolute atomic E-state index is 0.408. The summed E-state index contributed by atoms with van der Waals surface area (Å²) < 4.78 is 11.4. The van der Waals surface area contributed by atoms with Gasteiger partial charge in [-0.1, -0.05) is 152 Å². The molecule has 0 amide bonds. The lowest BCUT2D eigenvalue weighted by Gasteiger charge is -2.36. The third-order valence-corrected chi connectivity index (χ3v) is 19.0. The molecule has 4 rings (SSSR count). The first-order valence-electron chi connectivity index (χ1n) is 18.1. The minimum atomic E-state index is -1.41. The van der Waals surface area contributed by atoms with Crippen LogP contribution in [0.5, 0.6) is 11.5 Å². The van der Waals surface area contributed by atoms with Gasteiger partial charge in [-0.3, -0.25) is 0 Å². The van der Waals surface area contributed by atoms with Crippen molar-refractivity contribution in [1.29, 1.82) is 0 Å². The van der Waals surface area contributed by atoms with Crippen LogP contribution < -0.4 is 30.2 Å². The van der Waals surface area contributed by atoms with E-state index < -0.39 is 16.6 Å². The van der Waals surface area contributed by atoms with E-state index in [2.05, 4.69) is 156 Å². The van der Waals surface area contributed by atoms with E-state index in [1.54, 1.807) is 24.6 Å². The maximum Gasteiger partial charge on any atom is 0.122 e. The molecule has 2 radical (unpaired) electrons. The van der Waals surface area contributed by atoms with Crippen LogP contribution in [0.4, 0.5) is 0 Å². The van der Waals surface area contributed by atoms with E-state index in [-0.39, 0.29) is 0 Å². The predicted molar refractivity (Wildman–Crippen MR) is 213 cm³/mol. The Hall–Kier alpha value is -3.09. The summed E-state index contributed by atoms with van der Waals surface area (Å²) in [4.78, 5) is 0. The Morgan fingerprint density at radius 3 is 0.812 bits per heavy atom. The van der Waals surface area contributed by atoms with Crippen molar-refractivity contribution in [3.05, 3.63) is 106 Å². The van der Waals surface area contributed by atoms with E-state index in [0.717, 1.165) is 11.5 Å². The second-order valence-electron chi connectivity index (χ2n) is 15.3. The second-order valence-corrected chi connectivity index (χ2v) is 21.9. The van der Waals surface area contributed by atoms with Crippen molar-refractivity contribution < 1.29 is 9.47 Å². The van der Waals surface area contributed by atoms with Gasteiger partial charge < -0.3 is 9.47 Å². The average Bonchev–Trinajstić information content (AvgIpc) is 3.06. The zero-order valence-corrected chi connectivity index (χ0v) is 34.2. The summed E-state index contributed by atoms with van der Waals surface area (Å²) in [5.74, 6) is 4.40. The topological polar surface area (TPSA) is 18.5 Å². The van der Waals surface area contributed by atoms with Crippen LogP contribution in [0.3, 0.4) is 0 Å². The highest BCUT2D eigenvalue weighted by molar-refractivity contribution is 7.42. The van der Waals surface area contributed by atoms with Crippen molar-refractivity contribution >= 4 is 37.4 Å². The van der Waals surface area contributed by atoms with Gasteiger partial charge in [0.15, 0.2) is 0 Å². The zero-order valence-electron chi connectivity index (χ0n) is 32.2. The molecule has 0 saturated heterocycles. The highest BCUT2D eigenvalue weighted by Crippen LogP contribution is 2.30. The zero-order chi connectivity index (χ0) is 35.4. The molecule has 0 aliphatic carbocycles. The Bertz CT molecular complexity index is 1460. The third kappa shape index (κ3) is 8.03. The van der Waals surface area contributed by atoms with E-state index in [0.29, 0.717) is 35.5 Å². The predicted octanol–water partition coefficient (Wildman–Crippen LogP) is 9.44. The Labute approximate surface area is 296 Å². The molecular formula is C44H60O2Si2. The fraction of sp³-hybridized carbons (Fsp3) is 0.455. The number of methoxy groups -OCH3 is 2. The Morgan fingerprint density at radius 1 is 0.375 bits per heavy atom. The maximum atomic E-state index is 5.72. The molecule has 0 N–H and O–H groups in total. The number of benzene rings is 4. The van der Waals surface area contributed by atoms with Gasteiger partial charge in [0, 0.05) is 0 Å². The van der Waals surface area contributed by atoms with Crippen LogP contribution in [-0.2, 0) is 0 Å². The molecular weight excluding hydrogens is 617 g/mol. The number of hydrogen-bond donors (Lipinski definition) is 0. The van der Waals surface area contributed by atoms with E-state index in [1.807, 2.05) is 0 Å². The highest BCUT2D eigenvalue weighted by atomic mass is 29.2. The molecule has 4 aromatic rings. The summed E-state index contributed by atoms with van der Waals surface area (Å²) in [6.45, 7) is 28.6. The molecule has 0 aromatic heterocycles. The normalized spacial score (nSPS) is 12.2. The SMILES string of the molecule is COc1ccc([Si](c2c(C(C)C)cc(C(C)C)cc2C(C)C)[Si](c2ccc(OC)cc2)c2c(C(C)C)cc(C(C)C)cc2C(C)C)cc1. The molecule has 2 nitrogen and oxygen atoms in total. The van der Waals surface area contributed by atoms with E-state index in [1.165, 1.54) is 43.8 Å². The van der Waals surface area contributed by atoms with Gasteiger partial charge in [0.25, 0.3) is 0 Å². The van der Waals surface area contributed by atoms with Crippen LogP contribution >= 0.6 is 0 Å². The smallest absolute Gasteiger partial charge is 0.122 e. The fourth-order valence-electron chi connectivity index (χ4n) is 6.83. The first-order chi connectivity index (χ1) is 22.7. The van der Waals surface area contributed by atoms with Crippen molar-refractivity contribution in [2.75, 3.05) is 14.2 Å². The van der Waals surface area contributed by atoms with Crippen molar-refractivity contribution in [3.8, 4) is 11.5 Å². The van der Waals surface area contributed by atoms with Crippen LogP contribution in [0, 0.1) is 0 Å². The van der Waals surface area contributed by atoms with Crippen LogP contribution in [0.1, 0.15) is 152 Å². The maximum absolute atomic E-state index is 5.72. The summed E-state index contributed by atoms with van der Waals surface area (Å²) in [7, 11) is 0.711. The van der Waals surface area contributed by atoms with Gasteiger partial charge >= 0.3 is 0 Å². The van der Waals surface area contributed by atoms with Crippen molar-refractivity contribution in [2.24, 2.45) is 0 Å². The molecule has 0 aliphatic heterocycles. The molecule has 0 aliphatic rings. The van der Waals surface area contributed by atoms with E-state index >= 15 is 0 Å². The standard InChI is InChI=1S/C44H60O2Si2/c1-27(2)33-23-39(29(5)6)43(40(24-33)30(7)8)47(37-19-15-35(45-13)16-20-37)48(38-21-17-36(46-14)18-22-38)44-41(31(9)10)25-34(28(3)4)26-42(44)32(11)12/h15-32H,1-14H3. The van der Waals surface area contributed by atoms with E-state index in [9.17, 15) is 0 Å². The summed E-state index contributed by atoms with van der Waals surface area (Å²) in [6.07, 6.45) is 0. The quantitative estimate of drug-likeness (QED) is 0.131. The van der Waals surface area contributed by atoms with Gasteiger partial charge in [-0.2, -0.15) is 0 Å². The molecule has 4 aromatic carbocycles. The Balaban J connectivity index is 2.29. The molecule has 0 unspecified atom stereocenters. The van der Waals surface area contributed by atoms with Crippen molar-refractivity contribution in [2.45, 2.75) is 119 Å². The van der Waals surface area contributed by atoms with Gasteiger partial charge in [0.2, 0.25) is 0 Å². The lowest BCUT2D eigenvalue weighted by atomic mass is 9.89. The lowest BCUT2D eigenvalue weighted by molar-refractivity contribution is 0.415. The van der Waals surface area contributed by atoms with Gasteiger partial charge in [-0.25, -0.2) is 0 Å². The molecule has 0 fully saturated rings. The van der Waals surface area contributed by atoms with Crippen LogP contribution in [-0.4, -0.2) is 30.8 Å².